The monoisotopic (exact) mass is 315 g/mol. The Labute approximate surface area is 114 Å². The molecule has 2 fully saturated rings. The second kappa shape index (κ2) is 4.27. The molecule has 18 heavy (non-hydrogen) atoms. The highest BCUT2D eigenvalue weighted by molar-refractivity contribution is 9.10. The van der Waals surface area contributed by atoms with Crippen LogP contribution in [0.2, 0.25) is 0 Å². The summed E-state index contributed by atoms with van der Waals surface area (Å²) in [7, 11) is 0. The Hall–Kier alpha value is -0.480. The first-order valence-electron chi connectivity index (χ1n) is 6.41. The van der Waals surface area contributed by atoms with Gasteiger partial charge < -0.3 is 5.73 Å². The van der Waals surface area contributed by atoms with Crippen molar-refractivity contribution >= 4 is 15.9 Å². The molecule has 0 heterocycles. The Morgan fingerprint density at radius 3 is 2.72 bits per heavy atom. The van der Waals surface area contributed by atoms with Crippen molar-refractivity contribution in [2.75, 3.05) is 0 Å². The number of benzene rings is 1. The molecule has 1 aromatic rings. The Balaban J connectivity index is 1.91. The molecule has 0 amide bonds. The fraction of sp³-hybridized carbons (Fsp3) is 0.571. The molecule has 0 spiro atoms. The zero-order valence-corrected chi connectivity index (χ0v) is 11.6. The molecule has 0 aromatic heterocycles. The van der Waals surface area contributed by atoms with Crippen LogP contribution in [0.3, 0.4) is 0 Å². The van der Waals surface area contributed by atoms with Crippen LogP contribution in [0.1, 0.15) is 31.2 Å². The van der Waals surface area contributed by atoms with E-state index in [1.165, 1.54) is 18.6 Å². The molecule has 3 rings (SSSR count). The van der Waals surface area contributed by atoms with Crippen molar-refractivity contribution in [2.24, 2.45) is 17.6 Å². The van der Waals surface area contributed by atoms with Crippen molar-refractivity contribution in [3.8, 4) is 0 Å². The third kappa shape index (κ3) is 1.90. The molecule has 2 aliphatic rings. The van der Waals surface area contributed by atoms with Gasteiger partial charge in [-0.05, 0) is 65.6 Å². The Kier molecular flexibility index (Phi) is 2.98. The lowest BCUT2D eigenvalue weighted by Gasteiger charge is -2.34. The lowest BCUT2D eigenvalue weighted by atomic mass is 9.77. The summed E-state index contributed by atoms with van der Waals surface area (Å²) >= 11 is 3.11. The van der Waals surface area contributed by atoms with E-state index in [4.69, 9.17) is 5.73 Å². The first-order valence-corrected chi connectivity index (χ1v) is 7.20. The van der Waals surface area contributed by atoms with Crippen LogP contribution in [-0.4, -0.2) is 5.54 Å². The van der Waals surface area contributed by atoms with Crippen LogP contribution in [0, 0.1) is 23.5 Å². The highest BCUT2D eigenvalue weighted by Gasteiger charge is 2.48. The number of hydrogen-bond acceptors (Lipinski definition) is 1. The predicted octanol–water partition coefficient (Wildman–Crippen LogP) is 3.79. The SMILES string of the molecule is NC1(Cc2c(F)ccc(Br)c2F)CC2CCC1C2. The van der Waals surface area contributed by atoms with E-state index in [2.05, 4.69) is 15.9 Å². The third-order valence-corrected chi connectivity index (χ3v) is 5.28. The van der Waals surface area contributed by atoms with Gasteiger partial charge in [-0.15, -0.1) is 0 Å². The fourth-order valence-corrected chi connectivity index (χ4v) is 4.13. The summed E-state index contributed by atoms with van der Waals surface area (Å²) in [6, 6.07) is 2.71. The normalized spacial score (nSPS) is 34.2. The van der Waals surface area contributed by atoms with Gasteiger partial charge in [0.1, 0.15) is 11.6 Å². The van der Waals surface area contributed by atoms with Gasteiger partial charge in [0.2, 0.25) is 0 Å². The first-order chi connectivity index (χ1) is 8.49. The number of fused-ring (bicyclic) bond motifs is 2. The lowest BCUT2D eigenvalue weighted by Crippen LogP contribution is -2.47. The summed E-state index contributed by atoms with van der Waals surface area (Å²) < 4.78 is 28.1. The summed E-state index contributed by atoms with van der Waals surface area (Å²) in [6.45, 7) is 0. The zero-order chi connectivity index (χ0) is 12.9. The minimum Gasteiger partial charge on any atom is -0.325 e. The molecule has 2 aliphatic carbocycles. The smallest absolute Gasteiger partial charge is 0.143 e. The van der Waals surface area contributed by atoms with E-state index in [1.807, 2.05) is 0 Å². The van der Waals surface area contributed by atoms with Gasteiger partial charge in [-0.25, -0.2) is 8.78 Å². The van der Waals surface area contributed by atoms with Crippen molar-refractivity contribution in [1.29, 1.82) is 0 Å². The molecule has 2 saturated carbocycles. The molecule has 0 aliphatic heterocycles. The highest BCUT2D eigenvalue weighted by atomic mass is 79.9. The largest absolute Gasteiger partial charge is 0.325 e. The number of rotatable bonds is 2. The molecule has 4 heteroatoms. The molecule has 0 radical (unpaired) electrons. The van der Waals surface area contributed by atoms with Crippen LogP contribution < -0.4 is 5.73 Å². The van der Waals surface area contributed by atoms with Crippen molar-refractivity contribution in [2.45, 2.75) is 37.6 Å². The fourth-order valence-electron chi connectivity index (χ4n) is 3.76. The van der Waals surface area contributed by atoms with Gasteiger partial charge in [0, 0.05) is 11.1 Å². The van der Waals surface area contributed by atoms with Gasteiger partial charge in [-0.1, -0.05) is 6.42 Å². The topological polar surface area (TPSA) is 26.0 Å². The van der Waals surface area contributed by atoms with Crippen LogP contribution in [0.5, 0.6) is 0 Å². The quantitative estimate of drug-likeness (QED) is 0.826. The van der Waals surface area contributed by atoms with Crippen molar-refractivity contribution in [3.05, 3.63) is 33.8 Å². The van der Waals surface area contributed by atoms with E-state index in [0.29, 0.717) is 22.7 Å². The van der Waals surface area contributed by atoms with Crippen LogP contribution in [0.4, 0.5) is 8.78 Å². The molecule has 3 atom stereocenters. The van der Waals surface area contributed by atoms with E-state index in [9.17, 15) is 8.78 Å². The zero-order valence-electron chi connectivity index (χ0n) is 10.1. The summed E-state index contributed by atoms with van der Waals surface area (Å²) in [5, 5.41) is 0. The molecule has 1 aromatic carbocycles. The molecule has 0 saturated heterocycles. The maximum atomic E-state index is 14.0. The molecule has 2 N–H and O–H groups in total. The average Bonchev–Trinajstić information content (AvgIpc) is 2.90. The van der Waals surface area contributed by atoms with Gasteiger partial charge in [0.25, 0.3) is 0 Å². The average molecular weight is 316 g/mol. The lowest BCUT2D eigenvalue weighted by molar-refractivity contribution is 0.264. The van der Waals surface area contributed by atoms with Crippen molar-refractivity contribution in [1.82, 2.24) is 0 Å². The summed E-state index contributed by atoms with van der Waals surface area (Å²) in [4.78, 5) is 0. The van der Waals surface area contributed by atoms with Gasteiger partial charge in [0.05, 0.1) is 4.47 Å². The molecule has 98 valence electrons. The second-order valence-corrected chi connectivity index (χ2v) is 6.67. The van der Waals surface area contributed by atoms with Crippen LogP contribution >= 0.6 is 15.9 Å². The summed E-state index contributed by atoms with van der Waals surface area (Å²) in [6.07, 6.45) is 4.69. The van der Waals surface area contributed by atoms with Gasteiger partial charge in [0.15, 0.2) is 0 Å². The number of hydrogen-bond donors (Lipinski definition) is 1. The molecular weight excluding hydrogens is 300 g/mol. The van der Waals surface area contributed by atoms with E-state index >= 15 is 0 Å². The molecule has 1 nitrogen and oxygen atoms in total. The third-order valence-electron chi connectivity index (χ3n) is 4.67. The van der Waals surface area contributed by atoms with Crippen LogP contribution in [0.25, 0.3) is 0 Å². The summed E-state index contributed by atoms with van der Waals surface area (Å²) in [5.41, 5.74) is 6.14. The Bertz CT molecular complexity index is 491. The maximum absolute atomic E-state index is 14.0. The molecule has 3 unspecified atom stereocenters. The minimum atomic E-state index is -0.498. The molecular formula is C14H16BrF2N. The second-order valence-electron chi connectivity index (χ2n) is 5.81. The van der Waals surface area contributed by atoms with Crippen molar-refractivity contribution < 1.29 is 8.78 Å². The van der Waals surface area contributed by atoms with E-state index in [1.54, 1.807) is 0 Å². The van der Waals surface area contributed by atoms with E-state index in [0.717, 1.165) is 19.3 Å². The Morgan fingerprint density at radius 2 is 2.11 bits per heavy atom. The van der Waals surface area contributed by atoms with Crippen LogP contribution in [-0.2, 0) is 6.42 Å². The van der Waals surface area contributed by atoms with Gasteiger partial charge in [-0.2, -0.15) is 0 Å². The predicted molar refractivity (Wildman–Crippen MR) is 70.1 cm³/mol. The molecule has 2 bridgehead atoms. The maximum Gasteiger partial charge on any atom is 0.143 e. The summed E-state index contributed by atoms with van der Waals surface area (Å²) in [5.74, 6) is 0.115. The van der Waals surface area contributed by atoms with E-state index < -0.39 is 17.2 Å². The first kappa shape index (κ1) is 12.5. The highest BCUT2D eigenvalue weighted by Crippen LogP contribution is 2.51. The van der Waals surface area contributed by atoms with Gasteiger partial charge >= 0.3 is 0 Å². The minimum absolute atomic E-state index is 0.138. The standard InChI is InChI=1S/C14H16BrF2N/c15-11-3-4-12(16)10(13(11)17)7-14(18)6-8-1-2-9(14)5-8/h3-4,8-9H,1-2,5-7,18H2. The number of halogens is 3. The van der Waals surface area contributed by atoms with E-state index in [-0.39, 0.29) is 5.56 Å². The van der Waals surface area contributed by atoms with Crippen LogP contribution in [0.15, 0.2) is 16.6 Å². The van der Waals surface area contributed by atoms with Gasteiger partial charge in [-0.3, -0.25) is 0 Å². The van der Waals surface area contributed by atoms with Crippen molar-refractivity contribution in [3.63, 3.8) is 0 Å². The number of nitrogens with two attached hydrogens (primary N) is 1. The Morgan fingerprint density at radius 1 is 1.33 bits per heavy atom.